The number of fused-ring (bicyclic) bond motifs is 3. The number of benzene rings is 2. The molecular weight excluding hydrogens is 375 g/mol. The van der Waals surface area contributed by atoms with E-state index in [4.69, 9.17) is 32.7 Å². The summed E-state index contributed by atoms with van der Waals surface area (Å²) in [6, 6.07) is 11.1. The van der Waals surface area contributed by atoms with E-state index in [2.05, 4.69) is 10.2 Å². The van der Waals surface area contributed by atoms with Crippen LogP contribution in [0.15, 0.2) is 36.4 Å². The molecule has 26 heavy (non-hydrogen) atoms. The maximum Gasteiger partial charge on any atom is 0.356 e. The van der Waals surface area contributed by atoms with E-state index in [1.807, 2.05) is 24.3 Å². The molecule has 5 nitrogen and oxygen atoms in total. The molecule has 132 valence electrons. The van der Waals surface area contributed by atoms with Crippen LogP contribution in [0.5, 0.6) is 5.75 Å². The Hall–Kier alpha value is -2.50. The van der Waals surface area contributed by atoms with Crippen molar-refractivity contribution in [2.75, 3.05) is 6.61 Å². The van der Waals surface area contributed by atoms with Crippen LogP contribution in [0.4, 0.5) is 0 Å². The maximum atomic E-state index is 12.1. The van der Waals surface area contributed by atoms with Gasteiger partial charge in [0.05, 0.1) is 12.2 Å². The zero-order valence-corrected chi connectivity index (χ0v) is 15.3. The van der Waals surface area contributed by atoms with E-state index in [1.165, 1.54) is 0 Å². The number of halogens is 2. The zero-order valence-electron chi connectivity index (χ0n) is 13.8. The van der Waals surface area contributed by atoms with Crippen molar-refractivity contribution in [3.8, 4) is 28.1 Å². The predicted octanol–water partition coefficient (Wildman–Crippen LogP) is 5.12. The van der Waals surface area contributed by atoms with Gasteiger partial charge in [0.1, 0.15) is 18.1 Å². The SMILES string of the molecule is CCOC(=O)c1[nH]nc2c1COc1ccc(-c3ccc(Cl)cc3Cl)cc1-2. The largest absolute Gasteiger partial charge is 0.488 e. The van der Waals surface area contributed by atoms with Gasteiger partial charge in [-0.25, -0.2) is 4.79 Å². The van der Waals surface area contributed by atoms with E-state index in [9.17, 15) is 4.79 Å². The first-order valence-corrected chi connectivity index (χ1v) is 8.81. The Bertz CT molecular complexity index is 1010. The second kappa shape index (κ2) is 6.67. The number of aromatic nitrogens is 2. The summed E-state index contributed by atoms with van der Waals surface area (Å²) in [4.78, 5) is 12.1. The molecule has 0 radical (unpaired) electrons. The molecule has 1 aromatic heterocycles. The van der Waals surface area contributed by atoms with Crippen molar-refractivity contribution in [3.63, 3.8) is 0 Å². The highest BCUT2D eigenvalue weighted by Crippen LogP contribution is 2.41. The summed E-state index contributed by atoms with van der Waals surface area (Å²) in [6.45, 7) is 2.31. The maximum absolute atomic E-state index is 12.1. The summed E-state index contributed by atoms with van der Waals surface area (Å²) >= 11 is 12.3. The van der Waals surface area contributed by atoms with E-state index < -0.39 is 5.97 Å². The number of rotatable bonds is 3. The summed E-state index contributed by atoms with van der Waals surface area (Å²) in [6.07, 6.45) is 0. The lowest BCUT2D eigenvalue weighted by Crippen LogP contribution is -2.11. The van der Waals surface area contributed by atoms with Crippen LogP contribution in [0.2, 0.25) is 10.0 Å². The fraction of sp³-hybridized carbons (Fsp3) is 0.158. The van der Waals surface area contributed by atoms with Crippen LogP contribution >= 0.6 is 23.2 Å². The molecule has 2 aromatic carbocycles. The standard InChI is InChI=1S/C19H14Cl2N2O3/c1-2-25-19(24)18-14-9-26-16-6-3-10(7-13(16)17(14)22-23-18)12-5-4-11(20)8-15(12)21/h3-8H,2,9H2,1H3,(H,22,23). The van der Waals surface area contributed by atoms with Crippen molar-refractivity contribution < 1.29 is 14.3 Å². The van der Waals surface area contributed by atoms with Crippen molar-refractivity contribution in [1.82, 2.24) is 10.2 Å². The second-order valence-corrected chi connectivity index (χ2v) is 6.61. The molecule has 0 amide bonds. The van der Waals surface area contributed by atoms with Crippen LogP contribution < -0.4 is 4.74 Å². The van der Waals surface area contributed by atoms with E-state index in [0.717, 1.165) is 16.7 Å². The van der Waals surface area contributed by atoms with Crippen LogP contribution in [0.1, 0.15) is 23.0 Å². The van der Waals surface area contributed by atoms with Crippen LogP contribution in [-0.4, -0.2) is 22.8 Å². The van der Waals surface area contributed by atoms with Crippen molar-refractivity contribution in [2.45, 2.75) is 13.5 Å². The minimum absolute atomic E-state index is 0.258. The summed E-state index contributed by atoms with van der Waals surface area (Å²) in [5, 5.41) is 8.22. The Morgan fingerprint density at radius 3 is 2.85 bits per heavy atom. The molecule has 7 heteroatoms. The van der Waals surface area contributed by atoms with Gasteiger partial charge in [-0.1, -0.05) is 35.3 Å². The number of carbonyl (C=O) groups excluding carboxylic acids is 1. The van der Waals surface area contributed by atoms with Gasteiger partial charge in [-0.05, 0) is 36.8 Å². The van der Waals surface area contributed by atoms with Crippen LogP contribution in [-0.2, 0) is 11.3 Å². The smallest absolute Gasteiger partial charge is 0.356 e. The lowest BCUT2D eigenvalue weighted by atomic mass is 9.97. The molecule has 0 saturated heterocycles. The van der Waals surface area contributed by atoms with Gasteiger partial charge >= 0.3 is 5.97 Å². The molecule has 0 fully saturated rings. The number of H-pyrrole nitrogens is 1. The monoisotopic (exact) mass is 388 g/mol. The number of ether oxygens (including phenoxy) is 2. The third-order valence-corrected chi connectivity index (χ3v) is 4.74. The molecule has 2 heterocycles. The Kier molecular flexibility index (Phi) is 4.34. The fourth-order valence-corrected chi connectivity index (χ4v) is 3.50. The third-order valence-electron chi connectivity index (χ3n) is 4.20. The van der Waals surface area contributed by atoms with Gasteiger partial charge in [-0.15, -0.1) is 0 Å². The summed E-state index contributed by atoms with van der Waals surface area (Å²) in [7, 11) is 0. The number of carbonyl (C=O) groups is 1. The molecule has 0 aliphatic carbocycles. The Morgan fingerprint density at radius 2 is 2.08 bits per heavy atom. The number of nitrogens with one attached hydrogen (secondary N) is 1. The van der Waals surface area contributed by atoms with Crippen molar-refractivity contribution in [1.29, 1.82) is 0 Å². The van der Waals surface area contributed by atoms with E-state index in [-0.39, 0.29) is 6.61 Å². The molecule has 0 spiro atoms. The lowest BCUT2D eigenvalue weighted by molar-refractivity contribution is 0.0516. The Balaban J connectivity index is 1.80. The molecule has 1 N–H and O–H groups in total. The van der Waals surface area contributed by atoms with E-state index >= 15 is 0 Å². The number of aromatic amines is 1. The van der Waals surface area contributed by atoms with Gasteiger partial charge in [0, 0.05) is 21.2 Å². The third kappa shape index (κ3) is 2.83. The molecule has 0 saturated carbocycles. The van der Waals surface area contributed by atoms with Crippen molar-refractivity contribution in [2.24, 2.45) is 0 Å². The second-order valence-electron chi connectivity index (χ2n) is 5.77. The summed E-state index contributed by atoms with van der Waals surface area (Å²) in [5.41, 5.74) is 4.25. The predicted molar refractivity (Wildman–Crippen MR) is 99.8 cm³/mol. The van der Waals surface area contributed by atoms with E-state index in [0.29, 0.717) is 39.4 Å². The van der Waals surface area contributed by atoms with Crippen molar-refractivity contribution >= 4 is 29.2 Å². The van der Waals surface area contributed by atoms with Gasteiger partial charge in [0.25, 0.3) is 0 Å². The fourth-order valence-electron chi connectivity index (χ4n) is 2.98. The normalized spacial score (nSPS) is 12.1. The highest BCUT2D eigenvalue weighted by Gasteiger charge is 2.27. The molecular formula is C19H14Cl2N2O3. The minimum atomic E-state index is -0.440. The highest BCUT2D eigenvalue weighted by molar-refractivity contribution is 6.36. The lowest BCUT2D eigenvalue weighted by Gasteiger charge is -2.18. The van der Waals surface area contributed by atoms with E-state index in [1.54, 1.807) is 19.1 Å². The molecule has 0 unspecified atom stereocenters. The van der Waals surface area contributed by atoms with Gasteiger partial charge in [0.15, 0.2) is 5.69 Å². The quantitative estimate of drug-likeness (QED) is 0.632. The van der Waals surface area contributed by atoms with Gasteiger partial charge in [-0.3, -0.25) is 5.10 Å². The summed E-state index contributed by atoms with van der Waals surface area (Å²) in [5.74, 6) is 0.262. The average Bonchev–Trinajstić information content (AvgIpc) is 3.06. The average molecular weight is 389 g/mol. The molecule has 1 aliphatic rings. The first-order valence-electron chi connectivity index (χ1n) is 8.05. The number of hydrogen-bond donors (Lipinski definition) is 1. The number of nitrogens with zero attached hydrogens (tertiary/aromatic N) is 1. The number of esters is 1. The van der Waals surface area contributed by atoms with Gasteiger partial charge in [-0.2, -0.15) is 5.10 Å². The molecule has 3 aromatic rings. The van der Waals surface area contributed by atoms with Crippen LogP contribution in [0.25, 0.3) is 22.4 Å². The summed E-state index contributed by atoms with van der Waals surface area (Å²) < 4.78 is 10.9. The Morgan fingerprint density at radius 1 is 1.23 bits per heavy atom. The van der Waals surface area contributed by atoms with Gasteiger partial charge < -0.3 is 9.47 Å². The van der Waals surface area contributed by atoms with Gasteiger partial charge in [0.2, 0.25) is 0 Å². The first-order chi connectivity index (χ1) is 12.6. The van der Waals surface area contributed by atoms with Crippen LogP contribution in [0.3, 0.4) is 0 Å². The zero-order chi connectivity index (χ0) is 18.3. The number of hydrogen-bond acceptors (Lipinski definition) is 4. The van der Waals surface area contributed by atoms with Crippen molar-refractivity contribution in [3.05, 3.63) is 57.7 Å². The molecule has 0 atom stereocenters. The molecule has 1 aliphatic heterocycles. The minimum Gasteiger partial charge on any atom is -0.488 e. The highest BCUT2D eigenvalue weighted by atomic mass is 35.5. The Labute approximate surface area is 159 Å². The molecule has 4 rings (SSSR count). The topological polar surface area (TPSA) is 64.2 Å². The molecule has 0 bridgehead atoms. The first kappa shape index (κ1) is 16.9. The van der Waals surface area contributed by atoms with Crippen LogP contribution in [0, 0.1) is 0 Å².